The van der Waals surface area contributed by atoms with E-state index in [0.29, 0.717) is 10.0 Å². The summed E-state index contributed by atoms with van der Waals surface area (Å²) in [6.45, 7) is 0. The van der Waals surface area contributed by atoms with Gasteiger partial charge in [-0.05, 0) is 41.8 Å². The summed E-state index contributed by atoms with van der Waals surface area (Å²) in [6, 6.07) is 14.0. The van der Waals surface area contributed by atoms with E-state index in [1.165, 1.54) is 5.56 Å². The minimum absolute atomic E-state index is 0.00200. The topological polar surface area (TPSA) is 42.7 Å². The summed E-state index contributed by atoms with van der Waals surface area (Å²) in [7, 11) is 0. The highest BCUT2D eigenvalue weighted by molar-refractivity contribution is 9.10. The first kappa shape index (κ1) is 15.9. The van der Waals surface area contributed by atoms with Gasteiger partial charge in [-0.15, -0.1) is 0 Å². The fraction of sp³-hybridized carbons (Fsp3) is 0.176. The Hall–Kier alpha value is -1.56. The molecule has 0 fully saturated rings. The molecule has 0 radical (unpaired) electrons. The molecular formula is C17H13BrCl2N4. The molecule has 0 bridgehead atoms. The van der Waals surface area contributed by atoms with Crippen LogP contribution < -0.4 is 5.32 Å². The number of nitrogens with zero attached hydrogens (tertiary/aromatic N) is 3. The fourth-order valence-electron chi connectivity index (χ4n) is 3.06. The first-order valence-electron chi connectivity index (χ1n) is 7.48. The Morgan fingerprint density at radius 1 is 1.12 bits per heavy atom. The van der Waals surface area contributed by atoms with Gasteiger partial charge in [0, 0.05) is 14.5 Å². The second-order valence-corrected chi connectivity index (χ2v) is 7.45. The molecule has 4 rings (SSSR count). The zero-order chi connectivity index (χ0) is 16.7. The van der Waals surface area contributed by atoms with Crippen molar-refractivity contribution in [2.24, 2.45) is 0 Å². The van der Waals surface area contributed by atoms with E-state index in [4.69, 9.17) is 23.2 Å². The molecule has 2 heterocycles. The average molecular weight is 424 g/mol. The zero-order valence-electron chi connectivity index (χ0n) is 12.5. The minimum Gasteiger partial charge on any atom is -0.348 e. The maximum absolute atomic E-state index is 6.44. The number of halogens is 3. The fourth-order valence-corrected chi connectivity index (χ4v) is 3.86. The van der Waals surface area contributed by atoms with Gasteiger partial charge in [0.25, 0.3) is 0 Å². The maximum Gasteiger partial charge on any atom is 0.222 e. The quantitative estimate of drug-likeness (QED) is 0.592. The molecule has 0 saturated carbocycles. The molecule has 0 saturated heterocycles. The molecule has 1 aliphatic rings. The van der Waals surface area contributed by atoms with Crippen LogP contribution in [0, 0.1) is 0 Å². The maximum atomic E-state index is 6.44. The van der Waals surface area contributed by atoms with Crippen molar-refractivity contribution in [3.8, 4) is 0 Å². The Morgan fingerprint density at radius 2 is 1.92 bits per heavy atom. The Bertz CT molecular complexity index is 879. The van der Waals surface area contributed by atoms with Crippen molar-refractivity contribution in [3.63, 3.8) is 0 Å². The summed E-state index contributed by atoms with van der Waals surface area (Å²) in [5.41, 5.74) is 2.19. The van der Waals surface area contributed by atoms with Crippen molar-refractivity contribution in [1.29, 1.82) is 0 Å². The number of nitrogens with one attached hydrogen (secondary N) is 1. The molecule has 0 unspecified atom stereocenters. The molecule has 1 aromatic heterocycles. The van der Waals surface area contributed by atoms with Gasteiger partial charge in [0.05, 0.1) is 12.1 Å². The normalized spacial score (nSPS) is 19.6. The average Bonchev–Trinajstić information content (AvgIpc) is 3.03. The van der Waals surface area contributed by atoms with Crippen molar-refractivity contribution >= 4 is 45.1 Å². The van der Waals surface area contributed by atoms with Crippen molar-refractivity contribution in [3.05, 3.63) is 74.4 Å². The van der Waals surface area contributed by atoms with Crippen molar-refractivity contribution in [2.75, 3.05) is 5.32 Å². The number of anilines is 1. The predicted molar refractivity (Wildman–Crippen MR) is 99.7 cm³/mol. The van der Waals surface area contributed by atoms with Crippen LogP contribution in [-0.2, 0) is 0 Å². The summed E-state index contributed by atoms with van der Waals surface area (Å²) in [5.74, 6) is 0.741. The Morgan fingerprint density at radius 3 is 2.67 bits per heavy atom. The van der Waals surface area contributed by atoms with Crippen molar-refractivity contribution in [2.45, 2.75) is 18.5 Å². The van der Waals surface area contributed by atoms with Gasteiger partial charge in [0.2, 0.25) is 5.95 Å². The third kappa shape index (κ3) is 2.92. The summed E-state index contributed by atoms with van der Waals surface area (Å²) in [6.07, 6.45) is 2.38. The molecule has 3 aromatic rings. The summed E-state index contributed by atoms with van der Waals surface area (Å²) >= 11 is 16.0. The molecule has 1 aliphatic heterocycles. The predicted octanol–water partition coefficient (Wildman–Crippen LogP) is 5.49. The highest BCUT2D eigenvalue weighted by Crippen LogP contribution is 2.40. The van der Waals surface area contributed by atoms with Crippen LogP contribution in [0.2, 0.25) is 10.0 Å². The molecular weight excluding hydrogens is 411 g/mol. The Kier molecular flexibility index (Phi) is 4.24. The number of fused-ring (bicyclic) bond motifs is 1. The summed E-state index contributed by atoms with van der Waals surface area (Å²) in [5, 5.41) is 9.08. The van der Waals surface area contributed by atoms with Gasteiger partial charge in [0.1, 0.15) is 6.33 Å². The lowest BCUT2D eigenvalue weighted by molar-refractivity contribution is 0.431. The molecule has 0 amide bonds. The highest BCUT2D eigenvalue weighted by atomic mass is 79.9. The van der Waals surface area contributed by atoms with Crippen LogP contribution in [0.15, 0.2) is 53.3 Å². The first-order chi connectivity index (χ1) is 11.6. The zero-order valence-corrected chi connectivity index (χ0v) is 15.6. The van der Waals surface area contributed by atoms with Crippen LogP contribution in [-0.4, -0.2) is 14.8 Å². The second kappa shape index (κ2) is 6.39. The lowest BCUT2D eigenvalue weighted by atomic mass is 9.93. The molecule has 7 heteroatoms. The van der Waals surface area contributed by atoms with Crippen LogP contribution in [0.5, 0.6) is 0 Å². The van der Waals surface area contributed by atoms with Crippen LogP contribution >= 0.6 is 39.1 Å². The first-order valence-corrected chi connectivity index (χ1v) is 9.03. The van der Waals surface area contributed by atoms with E-state index < -0.39 is 0 Å². The van der Waals surface area contributed by atoms with Crippen molar-refractivity contribution < 1.29 is 0 Å². The number of aromatic nitrogens is 3. The highest BCUT2D eigenvalue weighted by Gasteiger charge is 2.31. The van der Waals surface area contributed by atoms with Gasteiger partial charge in [-0.25, -0.2) is 4.68 Å². The van der Waals surface area contributed by atoms with Crippen LogP contribution in [0.4, 0.5) is 5.95 Å². The number of hydrogen-bond donors (Lipinski definition) is 1. The number of rotatable bonds is 2. The lowest BCUT2D eigenvalue weighted by Crippen LogP contribution is -2.28. The molecule has 122 valence electrons. The SMILES string of the molecule is Clc1ccc([C@H]2C[C@@H](c3ccc(Br)cc3)Nc3ncnn32)c(Cl)c1. The van der Waals surface area contributed by atoms with E-state index in [9.17, 15) is 0 Å². The van der Waals surface area contributed by atoms with E-state index in [2.05, 4.69) is 43.5 Å². The number of hydrogen-bond acceptors (Lipinski definition) is 3. The summed E-state index contributed by atoms with van der Waals surface area (Å²) < 4.78 is 2.94. The molecule has 0 spiro atoms. The van der Waals surface area contributed by atoms with Gasteiger partial charge in [-0.1, -0.05) is 57.3 Å². The monoisotopic (exact) mass is 422 g/mol. The molecule has 2 aromatic carbocycles. The van der Waals surface area contributed by atoms with Gasteiger partial charge < -0.3 is 5.32 Å². The van der Waals surface area contributed by atoms with Gasteiger partial charge in [-0.3, -0.25) is 0 Å². The van der Waals surface area contributed by atoms with Crippen LogP contribution in [0.3, 0.4) is 0 Å². The molecule has 1 N–H and O–H groups in total. The molecule has 0 aliphatic carbocycles. The Labute approximate surface area is 157 Å². The van der Waals surface area contributed by atoms with Gasteiger partial charge >= 0.3 is 0 Å². The van der Waals surface area contributed by atoms with Gasteiger partial charge in [0.15, 0.2) is 0 Å². The third-order valence-corrected chi connectivity index (χ3v) is 5.32. The third-order valence-electron chi connectivity index (χ3n) is 4.22. The largest absolute Gasteiger partial charge is 0.348 e. The second-order valence-electron chi connectivity index (χ2n) is 5.69. The van der Waals surface area contributed by atoms with Crippen molar-refractivity contribution in [1.82, 2.24) is 14.8 Å². The van der Waals surface area contributed by atoms with E-state index in [-0.39, 0.29) is 12.1 Å². The van der Waals surface area contributed by atoms with E-state index in [0.717, 1.165) is 22.4 Å². The lowest BCUT2D eigenvalue weighted by Gasteiger charge is -2.32. The number of benzene rings is 2. The molecule has 24 heavy (non-hydrogen) atoms. The Balaban J connectivity index is 1.75. The van der Waals surface area contributed by atoms with E-state index >= 15 is 0 Å². The van der Waals surface area contributed by atoms with Crippen LogP contribution in [0.1, 0.15) is 29.6 Å². The molecule has 4 nitrogen and oxygen atoms in total. The minimum atomic E-state index is 0.00200. The van der Waals surface area contributed by atoms with Gasteiger partial charge in [-0.2, -0.15) is 10.1 Å². The smallest absolute Gasteiger partial charge is 0.222 e. The summed E-state index contributed by atoms with van der Waals surface area (Å²) in [4.78, 5) is 4.34. The van der Waals surface area contributed by atoms with Crippen LogP contribution in [0.25, 0.3) is 0 Å². The van der Waals surface area contributed by atoms with E-state index in [1.807, 2.05) is 28.9 Å². The van der Waals surface area contributed by atoms with E-state index in [1.54, 1.807) is 12.4 Å². The standard InChI is InChI=1S/C17H13BrCl2N4/c18-11-3-1-10(2-4-11)15-8-16(24-17(23-15)21-9-22-24)13-6-5-12(19)7-14(13)20/h1-7,9,15-16H,8H2,(H,21,22,23)/t15-,16+/m0/s1. The molecule has 2 atom stereocenters.